The summed E-state index contributed by atoms with van der Waals surface area (Å²) in [6.45, 7) is 4.64. The van der Waals surface area contributed by atoms with Crippen LogP contribution in [0.25, 0.3) is 0 Å². The van der Waals surface area contributed by atoms with Crippen LogP contribution >= 0.6 is 0 Å². The molecule has 0 aliphatic rings. The van der Waals surface area contributed by atoms with Crippen molar-refractivity contribution in [3.63, 3.8) is 0 Å². The average Bonchev–Trinajstić information content (AvgIpc) is 2.59. The van der Waals surface area contributed by atoms with Crippen LogP contribution in [0.3, 0.4) is 0 Å². The molecule has 24 heavy (non-hydrogen) atoms. The highest BCUT2D eigenvalue weighted by molar-refractivity contribution is 5.76. The summed E-state index contributed by atoms with van der Waals surface area (Å²) in [6.07, 6.45) is 1.12. The van der Waals surface area contributed by atoms with Gasteiger partial charge < -0.3 is 16.0 Å². The normalized spacial score (nSPS) is 10.8. The van der Waals surface area contributed by atoms with E-state index in [2.05, 4.69) is 36.3 Å². The van der Waals surface area contributed by atoms with Crippen molar-refractivity contribution in [2.75, 3.05) is 19.3 Å². The van der Waals surface area contributed by atoms with Crippen molar-refractivity contribution in [3.05, 3.63) is 65.2 Å². The number of carbonyl (C=O) groups excluding carboxylic acids is 1. The Morgan fingerprint density at radius 2 is 1.88 bits per heavy atom. The molecule has 4 heteroatoms. The molecule has 0 fully saturated rings. The Morgan fingerprint density at radius 3 is 2.62 bits per heavy atom. The number of benzene rings is 2. The van der Waals surface area contributed by atoms with Crippen LogP contribution in [0.4, 0.5) is 5.69 Å². The molecule has 0 aliphatic carbocycles. The Balaban J connectivity index is 1.81. The molecule has 3 N–H and O–H groups in total. The first-order chi connectivity index (χ1) is 11.6. The minimum atomic E-state index is 0.0503. The summed E-state index contributed by atoms with van der Waals surface area (Å²) in [7, 11) is 2.10. The van der Waals surface area contributed by atoms with Gasteiger partial charge in [-0.15, -0.1) is 0 Å². The van der Waals surface area contributed by atoms with Gasteiger partial charge in [0.1, 0.15) is 0 Å². The van der Waals surface area contributed by atoms with Gasteiger partial charge in [0.25, 0.3) is 0 Å². The molecule has 0 spiro atoms. The zero-order valence-corrected chi connectivity index (χ0v) is 14.6. The molecule has 0 unspecified atom stereocenters. The summed E-state index contributed by atoms with van der Waals surface area (Å²) in [6, 6.07) is 16.1. The van der Waals surface area contributed by atoms with Crippen molar-refractivity contribution in [1.82, 2.24) is 10.2 Å². The maximum absolute atomic E-state index is 12.0. The van der Waals surface area contributed by atoms with Crippen LogP contribution < -0.4 is 11.1 Å². The van der Waals surface area contributed by atoms with Gasteiger partial charge in [-0.3, -0.25) is 4.79 Å². The van der Waals surface area contributed by atoms with Gasteiger partial charge >= 0.3 is 0 Å². The summed E-state index contributed by atoms with van der Waals surface area (Å²) >= 11 is 0. The topological polar surface area (TPSA) is 58.4 Å². The minimum absolute atomic E-state index is 0.0503. The smallest absolute Gasteiger partial charge is 0.220 e. The Bertz CT molecular complexity index is 669. The maximum atomic E-state index is 12.0. The van der Waals surface area contributed by atoms with E-state index in [4.69, 9.17) is 5.73 Å². The fourth-order valence-electron chi connectivity index (χ4n) is 2.56. The number of anilines is 1. The number of nitrogens with one attached hydrogen (secondary N) is 1. The molecule has 2 aromatic rings. The number of hydrogen-bond donors (Lipinski definition) is 2. The summed E-state index contributed by atoms with van der Waals surface area (Å²) in [5, 5.41) is 2.99. The third-order valence-electron chi connectivity index (χ3n) is 4.15. The summed E-state index contributed by atoms with van der Waals surface area (Å²) in [4.78, 5) is 14.3. The lowest BCUT2D eigenvalue weighted by atomic mass is 10.1. The van der Waals surface area contributed by atoms with E-state index < -0.39 is 0 Å². The summed E-state index contributed by atoms with van der Waals surface area (Å²) < 4.78 is 0. The third-order valence-corrected chi connectivity index (χ3v) is 4.15. The largest absolute Gasteiger partial charge is 0.399 e. The van der Waals surface area contributed by atoms with Crippen LogP contribution in [-0.2, 0) is 24.3 Å². The second-order valence-corrected chi connectivity index (χ2v) is 6.13. The number of carbonyl (C=O) groups is 1. The molecule has 0 saturated carbocycles. The van der Waals surface area contributed by atoms with Gasteiger partial charge in [-0.2, -0.15) is 0 Å². The molecule has 4 nitrogen and oxygen atoms in total. The number of nitrogens with two attached hydrogens (primary N) is 1. The molecular weight excluding hydrogens is 298 g/mol. The maximum Gasteiger partial charge on any atom is 0.220 e. The number of amides is 1. The molecule has 128 valence electrons. The number of nitrogen functional groups attached to an aromatic ring is 1. The summed E-state index contributed by atoms with van der Waals surface area (Å²) in [5.41, 5.74) is 10.1. The van der Waals surface area contributed by atoms with Gasteiger partial charge in [-0.05, 0) is 42.8 Å². The molecule has 2 aromatic carbocycles. The zero-order chi connectivity index (χ0) is 17.4. The number of hydrogen-bond acceptors (Lipinski definition) is 3. The fraction of sp³-hybridized carbons (Fsp3) is 0.350. The van der Waals surface area contributed by atoms with E-state index in [1.807, 2.05) is 36.4 Å². The average molecular weight is 325 g/mol. The predicted octanol–water partition coefficient (Wildman–Crippen LogP) is 2.97. The van der Waals surface area contributed by atoms with E-state index >= 15 is 0 Å². The first-order valence-corrected chi connectivity index (χ1v) is 8.45. The van der Waals surface area contributed by atoms with Crippen LogP contribution in [0, 0.1) is 0 Å². The molecule has 2 rings (SSSR count). The van der Waals surface area contributed by atoms with E-state index in [1.165, 1.54) is 5.56 Å². The number of para-hydroxylation sites is 1. The van der Waals surface area contributed by atoms with Gasteiger partial charge in [0.2, 0.25) is 5.91 Å². The van der Waals surface area contributed by atoms with Crippen molar-refractivity contribution >= 4 is 11.6 Å². The minimum Gasteiger partial charge on any atom is -0.399 e. The predicted molar refractivity (Wildman–Crippen MR) is 99.5 cm³/mol. The molecule has 0 radical (unpaired) electrons. The van der Waals surface area contributed by atoms with Gasteiger partial charge in [0.15, 0.2) is 0 Å². The van der Waals surface area contributed by atoms with Crippen LogP contribution in [0.2, 0.25) is 0 Å². The highest BCUT2D eigenvalue weighted by Crippen LogP contribution is 2.12. The first-order valence-electron chi connectivity index (χ1n) is 8.45. The van der Waals surface area contributed by atoms with Gasteiger partial charge in [-0.25, -0.2) is 0 Å². The van der Waals surface area contributed by atoms with Crippen LogP contribution in [0.5, 0.6) is 0 Å². The number of nitrogens with zero attached hydrogens (tertiary/aromatic N) is 1. The fourth-order valence-corrected chi connectivity index (χ4v) is 2.56. The molecule has 0 bridgehead atoms. The second-order valence-electron chi connectivity index (χ2n) is 6.13. The Hall–Kier alpha value is -2.33. The molecule has 0 aliphatic heterocycles. The van der Waals surface area contributed by atoms with E-state index in [9.17, 15) is 4.79 Å². The van der Waals surface area contributed by atoms with Crippen LogP contribution in [0.15, 0.2) is 48.5 Å². The quantitative estimate of drug-likeness (QED) is 0.734. The Morgan fingerprint density at radius 1 is 1.12 bits per heavy atom. The van der Waals surface area contributed by atoms with E-state index in [-0.39, 0.29) is 5.91 Å². The van der Waals surface area contributed by atoms with Crippen molar-refractivity contribution in [2.45, 2.75) is 32.9 Å². The zero-order valence-electron chi connectivity index (χ0n) is 14.6. The first kappa shape index (κ1) is 18.0. The summed E-state index contributed by atoms with van der Waals surface area (Å²) in [5.74, 6) is 0.0503. The lowest BCUT2D eigenvalue weighted by Gasteiger charge is -2.14. The standard InChI is InChI=1S/C20H27N3O/c1-3-23(2)15-17-8-6-7-16(13-17)14-22-20(24)12-11-18-9-4-5-10-19(18)21/h4-10,13H,3,11-12,14-15,21H2,1-2H3,(H,22,24). The SMILES string of the molecule is CCN(C)Cc1cccc(CNC(=O)CCc2ccccc2N)c1. The monoisotopic (exact) mass is 325 g/mol. The number of rotatable bonds is 8. The van der Waals surface area contributed by atoms with Crippen LogP contribution in [-0.4, -0.2) is 24.4 Å². The van der Waals surface area contributed by atoms with E-state index in [1.54, 1.807) is 0 Å². The van der Waals surface area contributed by atoms with Crippen molar-refractivity contribution in [1.29, 1.82) is 0 Å². The molecular formula is C20H27N3O. The highest BCUT2D eigenvalue weighted by Gasteiger charge is 2.05. The van der Waals surface area contributed by atoms with Crippen molar-refractivity contribution in [3.8, 4) is 0 Å². The van der Waals surface area contributed by atoms with E-state index in [0.29, 0.717) is 19.4 Å². The Labute approximate surface area is 144 Å². The van der Waals surface area contributed by atoms with Gasteiger partial charge in [0, 0.05) is 25.2 Å². The van der Waals surface area contributed by atoms with Crippen molar-refractivity contribution < 1.29 is 4.79 Å². The molecule has 0 saturated heterocycles. The molecule has 0 aromatic heterocycles. The molecule has 0 atom stereocenters. The molecule has 1 amide bonds. The van der Waals surface area contributed by atoms with E-state index in [0.717, 1.165) is 29.9 Å². The van der Waals surface area contributed by atoms with Gasteiger partial charge in [-0.1, -0.05) is 49.4 Å². The van der Waals surface area contributed by atoms with Crippen LogP contribution in [0.1, 0.15) is 30.0 Å². The van der Waals surface area contributed by atoms with Gasteiger partial charge in [0.05, 0.1) is 0 Å². The second kappa shape index (κ2) is 9.08. The lowest BCUT2D eigenvalue weighted by Crippen LogP contribution is -2.23. The molecule has 0 heterocycles. The number of aryl methyl sites for hydroxylation is 1. The lowest BCUT2D eigenvalue weighted by molar-refractivity contribution is -0.121. The highest BCUT2D eigenvalue weighted by atomic mass is 16.1. The third kappa shape index (κ3) is 5.70. The Kier molecular flexibility index (Phi) is 6.82. The van der Waals surface area contributed by atoms with Crippen molar-refractivity contribution in [2.24, 2.45) is 0 Å².